The zero-order valence-electron chi connectivity index (χ0n) is 6.38. The van der Waals surface area contributed by atoms with Gasteiger partial charge in [-0.1, -0.05) is 0 Å². The Balaban J connectivity index is 3.55. The summed E-state index contributed by atoms with van der Waals surface area (Å²) >= 11 is 0. The first kappa shape index (κ1) is 9.54. The van der Waals surface area contributed by atoms with Gasteiger partial charge in [-0.15, -0.1) is 12.3 Å². The van der Waals surface area contributed by atoms with Crippen molar-refractivity contribution in [2.75, 3.05) is 0 Å². The molecule has 0 aliphatic rings. The van der Waals surface area contributed by atoms with Crippen molar-refractivity contribution < 1.29 is 0 Å². The third-order valence-corrected chi connectivity index (χ3v) is 1.44. The quantitative estimate of drug-likeness (QED) is 0.568. The number of rotatable bonds is 4. The van der Waals surface area contributed by atoms with Crippen LogP contribution in [0.5, 0.6) is 0 Å². The minimum absolute atomic E-state index is 0.106. The van der Waals surface area contributed by atoms with Crippen LogP contribution >= 0.6 is 0 Å². The minimum atomic E-state index is 0.106. The second-order valence-electron chi connectivity index (χ2n) is 2.26. The van der Waals surface area contributed by atoms with Gasteiger partial charge >= 0.3 is 0 Å². The normalized spacial score (nSPS) is 8.18. The summed E-state index contributed by atoms with van der Waals surface area (Å²) in [6, 6.07) is 4.06. The SMILES string of the molecule is C#CC(CCC#N)CCC#N. The second-order valence-corrected chi connectivity index (χ2v) is 2.26. The molecule has 0 aromatic heterocycles. The Hall–Kier alpha value is -1.46. The second kappa shape index (κ2) is 6.66. The molecule has 0 saturated heterocycles. The Morgan fingerprint density at radius 2 is 1.55 bits per heavy atom. The van der Waals surface area contributed by atoms with Crippen LogP contribution in [0.25, 0.3) is 0 Å². The fourth-order valence-electron chi connectivity index (χ4n) is 0.789. The van der Waals surface area contributed by atoms with Crippen LogP contribution in [0.4, 0.5) is 0 Å². The first-order valence-corrected chi connectivity index (χ1v) is 3.55. The molecule has 56 valence electrons. The highest BCUT2D eigenvalue weighted by Crippen LogP contribution is 2.11. The van der Waals surface area contributed by atoms with Gasteiger partial charge in [0.05, 0.1) is 12.1 Å². The molecule has 0 amide bonds. The van der Waals surface area contributed by atoms with Gasteiger partial charge in [0.2, 0.25) is 0 Å². The van der Waals surface area contributed by atoms with Crippen molar-refractivity contribution in [1.29, 1.82) is 10.5 Å². The van der Waals surface area contributed by atoms with Gasteiger partial charge in [0.15, 0.2) is 0 Å². The summed E-state index contributed by atoms with van der Waals surface area (Å²) < 4.78 is 0. The predicted octanol–water partition coefficient (Wildman–Crippen LogP) is 1.84. The molecule has 0 heterocycles. The topological polar surface area (TPSA) is 47.6 Å². The Bertz CT molecular complexity index is 193. The molecule has 0 unspecified atom stereocenters. The fraction of sp³-hybridized carbons (Fsp3) is 0.556. The number of nitriles is 2. The lowest BCUT2D eigenvalue weighted by atomic mass is 9.99. The van der Waals surface area contributed by atoms with E-state index in [1.165, 1.54) is 0 Å². The molecule has 11 heavy (non-hydrogen) atoms. The molecule has 0 radical (unpaired) electrons. The molecule has 0 aliphatic carbocycles. The fourth-order valence-corrected chi connectivity index (χ4v) is 0.789. The van der Waals surface area contributed by atoms with Crippen molar-refractivity contribution in [2.45, 2.75) is 25.7 Å². The molecule has 2 nitrogen and oxygen atoms in total. The van der Waals surface area contributed by atoms with Crippen molar-refractivity contribution in [3.05, 3.63) is 0 Å². The molecule has 0 bridgehead atoms. The van der Waals surface area contributed by atoms with E-state index in [4.69, 9.17) is 16.9 Å². The van der Waals surface area contributed by atoms with Gasteiger partial charge in [-0.05, 0) is 12.8 Å². The maximum atomic E-state index is 8.25. The van der Waals surface area contributed by atoms with E-state index in [0.29, 0.717) is 25.7 Å². The van der Waals surface area contributed by atoms with Gasteiger partial charge in [-0.3, -0.25) is 0 Å². The maximum Gasteiger partial charge on any atom is 0.0622 e. The molecule has 0 aliphatic heterocycles. The molecule has 0 N–H and O–H groups in total. The van der Waals surface area contributed by atoms with Crippen molar-refractivity contribution in [1.82, 2.24) is 0 Å². The predicted molar refractivity (Wildman–Crippen MR) is 42.0 cm³/mol. The zero-order chi connectivity index (χ0) is 8.53. The lowest BCUT2D eigenvalue weighted by Crippen LogP contribution is -1.95. The summed E-state index contributed by atoms with van der Waals surface area (Å²) in [5, 5.41) is 16.5. The number of hydrogen-bond donors (Lipinski definition) is 0. The summed E-state index contributed by atoms with van der Waals surface area (Å²) in [7, 11) is 0. The Morgan fingerprint density at radius 3 is 1.82 bits per heavy atom. The van der Waals surface area contributed by atoms with Gasteiger partial charge in [-0.2, -0.15) is 10.5 Å². The number of terminal acetylenes is 1. The molecular weight excluding hydrogens is 136 g/mol. The highest BCUT2D eigenvalue weighted by molar-refractivity contribution is 4.95. The largest absolute Gasteiger partial charge is 0.198 e. The molecule has 0 aromatic rings. The van der Waals surface area contributed by atoms with Crippen LogP contribution in [-0.4, -0.2) is 0 Å². The highest BCUT2D eigenvalue weighted by atomic mass is 14.2. The Morgan fingerprint density at radius 1 is 1.09 bits per heavy atom. The van der Waals surface area contributed by atoms with Gasteiger partial charge in [0.1, 0.15) is 0 Å². The van der Waals surface area contributed by atoms with E-state index in [1.54, 1.807) is 0 Å². The van der Waals surface area contributed by atoms with Crippen LogP contribution in [0.1, 0.15) is 25.7 Å². The van der Waals surface area contributed by atoms with Crippen molar-refractivity contribution >= 4 is 0 Å². The average Bonchev–Trinajstić information content (AvgIpc) is 2.05. The van der Waals surface area contributed by atoms with Crippen LogP contribution in [0.3, 0.4) is 0 Å². The van der Waals surface area contributed by atoms with Gasteiger partial charge in [0, 0.05) is 18.8 Å². The van der Waals surface area contributed by atoms with Crippen LogP contribution in [0.15, 0.2) is 0 Å². The first-order chi connectivity index (χ1) is 5.35. The standard InChI is InChI=1S/C9H10N2/c1-2-9(5-3-7-10)6-4-8-11/h1,9H,3-6H2. The van der Waals surface area contributed by atoms with E-state index in [-0.39, 0.29) is 5.92 Å². The molecule has 0 rings (SSSR count). The number of hydrogen-bond acceptors (Lipinski definition) is 2. The minimum Gasteiger partial charge on any atom is -0.198 e. The first-order valence-electron chi connectivity index (χ1n) is 3.55. The van der Waals surface area contributed by atoms with E-state index in [9.17, 15) is 0 Å². The van der Waals surface area contributed by atoms with Crippen molar-refractivity contribution in [2.24, 2.45) is 5.92 Å². The van der Waals surface area contributed by atoms with Gasteiger partial charge < -0.3 is 0 Å². The lowest BCUT2D eigenvalue weighted by molar-refractivity contribution is 0.580. The third-order valence-electron chi connectivity index (χ3n) is 1.44. The molecule has 0 aromatic carbocycles. The number of nitrogens with zero attached hydrogens (tertiary/aromatic N) is 2. The van der Waals surface area contributed by atoms with E-state index >= 15 is 0 Å². The van der Waals surface area contributed by atoms with E-state index in [1.807, 2.05) is 12.1 Å². The molecule has 0 atom stereocenters. The summed E-state index contributed by atoms with van der Waals surface area (Å²) in [4.78, 5) is 0. The molecular formula is C9H10N2. The smallest absolute Gasteiger partial charge is 0.0622 e. The maximum absolute atomic E-state index is 8.25. The summed E-state index contributed by atoms with van der Waals surface area (Å²) in [6.07, 6.45) is 7.59. The Labute approximate surface area is 67.4 Å². The highest BCUT2D eigenvalue weighted by Gasteiger charge is 2.02. The average molecular weight is 146 g/mol. The third kappa shape index (κ3) is 5.01. The van der Waals surface area contributed by atoms with Gasteiger partial charge in [0.25, 0.3) is 0 Å². The Kier molecular flexibility index (Phi) is 5.77. The van der Waals surface area contributed by atoms with Crippen LogP contribution in [0, 0.1) is 40.9 Å². The monoisotopic (exact) mass is 146 g/mol. The van der Waals surface area contributed by atoms with Gasteiger partial charge in [-0.25, -0.2) is 0 Å². The molecule has 2 heteroatoms. The van der Waals surface area contributed by atoms with Crippen LogP contribution < -0.4 is 0 Å². The lowest BCUT2D eigenvalue weighted by Gasteiger charge is -2.03. The van der Waals surface area contributed by atoms with Crippen molar-refractivity contribution in [3.63, 3.8) is 0 Å². The van der Waals surface area contributed by atoms with Crippen LogP contribution in [0.2, 0.25) is 0 Å². The van der Waals surface area contributed by atoms with E-state index in [0.717, 1.165) is 0 Å². The van der Waals surface area contributed by atoms with Crippen LogP contribution in [-0.2, 0) is 0 Å². The summed E-state index contributed by atoms with van der Waals surface area (Å²) in [5.74, 6) is 2.68. The molecule has 0 fully saturated rings. The van der Waals surface area contributed by atoms with E-state index < -0.39 is 0 Å². The van der Waals surface area contributed by atoms with Crippen molar-refractivity contribution in [3.8, 4) is 24.5 Å². The zero-order valence-corrected chi connectivity index (χ0v) is 6.38. The summed E-state index contributed by atoms with van der Waals surface area (Å²) in [5.41, 5.74) is 0. The molecule has 0 spiro atoms. The van der Waals surface area contributed by atoms with E-state index in [2.05, 4.69) is 5.92 Å². The summed E-state index contributed by atoms with van der Waals surface area (Å²) in [6.45, 7) is 0. The molecule has 0 saturated carbocycles.